The van der Waals surface area contributed by atoms with E-state index in [1.54, 1.807) is 0 Å². The van der Waals surface area contributed by atoms with E-state index in [2.05, 4.69) is 104 Å². The molecule has 0 saturated carbocycles. The normalized spacial score (nSPS) is 19.7. The summed E-state index contributed by atoms with van der Waals surface area (Å²) >= 11 is 0. The summed E-state index contributed by atoms with van der Waals surface area (Å²) in [7, 11) is -5.11. The van der Waals surface area contributed by atoms with E-state index in [0.29, 0.717) is 6.07 Å². The Morgan fingerprint density at radius 3 is 1.55 bits per heavy atom. The van der Waals surface area contributed by atoms with Crippen molar-refractivity contribution in [2.24, 2.45) is 0 Å². The summed E-state index contributed by atoms with van der Waals surface area (Å²) in [6.45, 7) is 21.6. The molecule has 4 unspecified atom stereocenters. The van der Waals surface area contributed by atoms with Gasteiger partial charge in [-0.1, -0.05) is 133 Å². The van der Waals surface area contributed by atoms with E-state index in [0.717, 1.165) is 16.7 Å². The van der Waals surface area contributed by atoms with Crippen LogP contribution >= 0.6 is 0 Å². The Kier molecular flexibility index (Phi) is 12.2. The molecule has 58 heavy (non-hydrogen) atoms. The van der Waals surface area contributed by atoms with Crippen LogP contribution in [0.4, 0.5) is 13.2 Å². The van der Waals surface area contributed by atoms with E-state index in [-0.39, 0.29) is 33.4 Å². The Morgan fingerprint density at radius 1 is 0.638 bits per heavy atom. The van der Waals surface area contributed by atoms with Crippen LogP contribution in [0.25, 0.3) is 11.0 Å². The third kappa shape index (κ3) is 8.92. The molecule has 0 aliphatic carbocycles. The molecule has 0 N–H and O–H groups in total. The topological polar surface area (TPSA) is 76.4 Å². The number of hydrogen-bond acceptors (Lipinski definition) is 7. The van der Waals surface area contributed by atoms with Gasteiger partial charge in [0.05, 0.1) is 12.2 Å². The van der Waals surface area contributed by atoms with Crippen LogP contribution in [0.1, 0.15) is 63.8 Å². The Bertz CT molecular complexity index is 2120. The van der Waals surface area contributed by atoms with Crippen molar-refractivity contribution >= 4 is 27.6 Å². The van der Waals surface area contributed by atoms with Gasteiger partial charge in [0.25, 0.3) is 0 Å². The van der Waals surface area contributed by atoms with E-state index >= 15 is 0 Å². The van der Waals surface area contributed by atoms with Crippen LogP contribution in [0.5, 0.6) is 5.75 Å². The molecule has 0 amide bonds. The first kappa shape index (κ1) is 43.5. The van der Waals surface area contributed by atoms with Crippen LogP contribution < -0.4 is 10.4 Å². The SMILES string of the molecule is CC(C)(C)[Si](C)(C)OC1C(COC(c2ccccc2)(c2ccccc2)c2ccccc2)OC(Oc2ccc3c(C(F)(F)F)cc(=O)oc3c2)C1O[Si](C)(C)C(C)(C)C. The molecular weight excluding hydrogens is 778 g/mol. The number of halogens is 3. The summed E-state index contributed by atoms with van der Waals surface area (Å²) in [5, 5.41) is -0.658. The third-order valence-electron chi connectivity index (χ3n) is 12.0. The summed E-state index contributed by atoms with van der Waals surface area (Å²) < 4.78 is 82.4. The number of benzene rings is 4. The van der Waals surface area contributed by atoms with E-state index < -0.39 is 64.2 Å². The van der Waals surface area contributed by atoms with Crippen LogP contribution in [0.15, 0.2) is 124 Å². The Hall–Kier alpha value is -4.05. The van der Waals surface area contributed by atoms with Gasteiger partial charge in [-0.25, -0.2) is 4.79 Å². The highest BCUT2D eigenvalue weighted by molar-refractivity contribution is 6.74. The monoisotopic (exact) mass is 832 g/mol. The molecular formula is C46H55F3O7Si2. The Morgan fingerprint density at radius 2 is 1.10 bits per heavy atom. The molecule has 4 atom stereocenters. The van der Waals surface area contributed by atoms with Gasteiger partial charge >= 0.3 is 11.8 Å². The number of ether oxygens (including phenoxy) is 3. The average Bonchev–Trinajstić information content (AvgIpc) is 3.44. The fraction of sp³-hybridized carbons (Fsp3) is 0.413. The second-order valence-corrected chi connectivity index (χ2v) is 27.6. The molecule has 1 fully saturated rings. The van der Waals surface area contributed by atoms with Crippen LogP contribution in [-0.2, 0) is 30.1 Å². The average molecular weight is 833 g/mol. The molecule has 0 radical (unpaired) electrons. The lowest BCUT2D eigenvalue weighted by Gasteiger charge is -2.44. The standard InChI is InChI=1S/C46H55F3O7Si2/c1-43(2,3)57(7,8)55-40-38(30-51-45(31-20-14-11-15-21-31,32-22-16-12-17-23-32)33-24-18-13-19-25-33)54-42(41(40)56-58(9,10)44(4,5)6)52-34-26-27-35-36(46(47,48)49)29-39(50)53-37(35)28-34/h11-29,38,40-42H,30H2,1-10H3. The van der Waals surface area contributed by atoms with Gasteiger partial charge in [-0.05, 0) is 65.1 Å². The highest BCUT2D eigenvalue weighted by Crippen LogP contribution is 2.46. The van der Waals surface area contributed by atoms with Crippen molar-refractivity contribution in [3.63, 3.8) is 0 Å². The predicted octanol–water partition coefficient (Wildman–Crippen LogP) is 11.7. The summed E-state index contributed by atoms with van der Waals surface area (Å²) in [6.07, 6.45) is -8.00. The van der Waals surface area contributed by atoms with Gasteiger partial charge in [-0.3, -0.25) is 0 Å². The van der Waals surface area contributed by atoms with Crippen LogP contribution in [0.2, 0.25) is 36.3 Å². The van der Waals surface area contributed by atoms with Gasteiger partial charge in [0.2, 0.25) is 6.29 Å². The third-order valence-corrected chi connectivity index (χ3v) is 21.0. The smallest absolute Gasteiger partial charge is 0.417 e. The molecule has 0 spiro atoms. The predicted molar refractivity (Wildman–Crippen MR) is 226 cm³/mol. The Labute approximate surface area is 341 Å². The number of fused-ring (bicyclic) bond motifs is 1. The zero-order chi connectivity index (χ0) is 42.3. The van der Waals surface area contributed by atoms with E-state index in [9.17, 15) is 18.0 Å². The van der Waals surface area contributed by atoms with E-state index in [1.807, 2.05) is 54.6 Å². The minimum atomic E-state index is -4.76. The summed E-state index contributed by atoms with van der Waals surface area (Å²) in [4.78, 5) is 12.3. The molecule has 0 bridgehead atoms. The molecule has 5 aromatic rings. The highest BCUT2D eigenvalue weighted by Gasteiger charge is 2.55. The van der Waals surface area contributed by atoms with Crippen molar-refractivity contribution in [2.75, 3.05) is 6.61 Å². The summed E-state index contributed by atoms with van der Waals surface area (Å²) in [5.41, 5.74) is -0.757. The van der Waals surface area contributed by atoms with Crippen molar-refractivity contribution in [1.82, 2.24) is 0 Å². The van der Waals surface area contributed by atoms with Crippen LogP contribution in [0, 0.1) is 0 Å². The van der Waals surface area contributed by atoms with Gasteiger partial charge < -0.3 is 27.5 Å². The largest absolute Gasteiger partial charge is 0.462 e. The molecule has 1 aromatic heterocycles. The minimum absolute atomic E-state index is 0.0523. The molecule has 12 heteroatoms. The number of hydrogen-bond donors (Lipinski definition) is 0. The van der Waals surface area contributed by atoms with Gasteiger partial charge in [0, 0.05) is 17.5 Å². The van der Waals surface area contributed by atoms with Gasteiger partial charge in [0.15, 0.2) is 16.6 Å². The fourth-order valence-corrected chi connectivity index (χ4v) is 9.38. The molecule has 4 aromatic carbocycles. The maximum Gasteiger partial charge on any atom is 0.417 e. The van der Waals surface area contributed by atoms with Crippen LogP contribution in [0.3, 0.4) is 0 Å². The van der Waals surface area contributed by atoms with Gasteiger partial charge in [-0.15, -0.1) is 0 Å². The first-order valence-corrected chi connectivity index (χ1v) is 25.5. The molecule has 310 valence electrons. The molecule has 6 rings (SSSR count). The quantitative estimate of drug-likeness (QED) is 0.0704. The first-order chi connectivity index (χ1) is 27.0. The molecule has 7 nitrogen and oxygen atoms in total. The van der Waals surface area contributed by atoms with Crippen molar-refractivity contribution in [3.8, 4) is 5.75 Å². The molecule has 1 aliphatic heterocycles. The Balaban J connectivity index is 1.48. The second kappa shape index (κ2) is 16.2. The highest BCUT2D eigenvalue weighted by atomic mass is 28.4. The summed E-state index contributed by atoms with van der Waals surface area (Å²) in [5.74, 6) is 0.142. The van der Waals surface area contributed by atoms with Crippen molar-refractivity contribution < 1.29 is 40.7 Å². The van der Waals surface area contributed by atoms with Gasteiger partial charge in [-0.2, -0.15) is 13.2 Å². The zero-order valence-electron chi connectivity index (χ0n) is 35.0. The lowest BCUT2D eigenvalue weighted by molar-refractivity contribution is -0.136. The van der Waals surface area contributed by atoms with Gasteiger partial charge in [0.1, 0.15) is 35.2 Å². The minimum Gasteiger partial charge on any atom is -0.462 e. The summed E-state index contributed by atoms with van der Waals surface area (Å²) in [6, 6.07) is 34.6. The maximum absolute atomic E-state index is 14.0. The van der Waals surface area contributed by atoms with Crippen molar-refractivity contribution in [2.45, 2.75) is 114 Å². The second-order valence-electron chi connectivity index (χ2n) is 18.1. The first-order valence-electron chi connectivity index (χ1n) is 19.7. The fourth-order valence-electron chi connectivity index (χ4n) is 6.78. The van der Waals surface area contributed by atoms with Crippen LogP contribution in [-0.4, -0.2) is 47.8 Å². The van der Waals surface area contributed by atoms with E-state index in [1.165, 1.54) is 18.2 Å². The maximum atomic E-state index is 14.0. The lowest BCUT2D eigenvalue weighted by Crippen LogP contribution is -2.55. The van der Waals surface area contributed by atoms with Crippen molar-refractivity contribution in [3.05, 3.63) is 148 Å². The number of rotatable bonds is 12. The molecule has 1 aliphatic rings. The van der Waals surface area contributed by atoms with E-state index in [4.69, 9.17) is 27.5 Å². The van der Waals surface area contributed by atoms with Crippen molar-refractivity contribution in [1.29, 1.82) is 0 Å². The molecule has 2 heterocycles. The molecule has 1 saturated heterocycles. The number of alkyl halides is 3. The zero-order valence-corrected chi connectivity index (χ0v) is 37.0. The lowest BCUT2D eigenvalue weighted by atomic mass is 9.80.